The van der Waals surface area contributed by atoms with Crippen LogP contribution in [0.4, 0.5) is 4.79 Å². The lowest BCUT2D eigenvalue weighted by Gasteiger charge is -2.31. The number of primary amides is 1. The Kier molecular flexibility index (Phi) is 6.27. The minimum atomic E-state index is -1.28. The summed E-state index contributed by atoms with van der Waals surface area (Å²) >= 11 is 0. The van der Waals surface area contributed by atoms with Crippen LogP contribution in [0.2, 0.25) is 0 Å². The normalized spacial score (nSPS) is 23.6. The van der Waals surface area contributed by atoms with Gasteiger partial charge in [-0.2, -0.15) is 0 Å². The van der Waals surface area contributed by atoms with Gasteiger partial charge in [0.15, 0.2) is 0 Å². The molecule has 3 atom stereocenters. The number of carboxylic acids is 1. The topological polar surface area (TPSA) is 122 Å². The van der Waals surface area contributed by atoms with Crippen molar-refractivity contribution in [2.75, 3.05) is 0 Å². The molecule has 3 unspecified atom stereocenters. The van der Waals surface area contributed by atoms with E-state index in [4.69, 9.17) is 10.8 Å². The van der Waals surface area contributed by atoms with Gasteiger partial charge in [0.1, 0.15) is 6.04 Å². The molecule has 0 saturated heterocycles. The highest BCUT2D eigenvalue weighted by molar-refractivity contribution is 5.87. The number of urea groups is 1. The van der Waals surface area contributed by atoms with Crippen LogP contribution in [-0.2, 0) is 9.59 Å². The molecule has 1 fully saturated rings. The van der Waals surface area contributed by atoms with Crippen molar-refractivity contribution in [3.05, 3.63) is 0 Å². The van der Waals surface area contributed by atoms with Crippen LogP contribution < -0.4 is 16.4 Å². The van der Waals surface area contributed by atoms with Crippen LogP contribution in [0, 0.1) is 5.92 Å². The van der Waals surface area contributed by atoms with Crippen molar-refractivity contribution in [3.63, 3.8) is 0 Å². The lowest BCUT2D eigenvalue weighted by atomic mass is 9.83. The van der Waals surface area contributed by atoms with Crippen LogP contribution in [0.1, 0.15) is 45.4 Å². The van der Waals surface area contributed by atoms with Gasteiger partial charge in [0.05, 0.1) is 6.42 Å². The molecule has 5 N–H and O–H groups in total. The molecule has 1 aliphatic rings. The first-order chi connectivity index (χ1) is 9.43. The van der Waals surface area contributed by atoms with Gasteiger partial charge in [-0.15, -0.1) is 0 Å². The Morgan fingerprint density at radius 2 is 1.95 bits per heavy atom. The summed E-state index contributed by atoms with van der Waals surface area (Å²) in [6, 6.07) is -1.77. The van der Waals surface area contributed by atoms with Gasteiger partial charge >= 0.3 is 12.0 Å². The number of rotatable bonds is 6. The first-order valence-electron chi connectivity index (χ1n) is 7.02. The van der Waals surface area contributed by atoms with Crippen molar-refractivity contribution in [1.82, 2.24) is 10.6 Å². The van der Waals surface area contributed by atoms with Crippen LogP contribution in [0.15, 0.2) is 0 Å². The minimum absolute atomic E-state index is 0.0665. The third kappa shape index (κ3) is 5.07. The molecule has 3 amide bonds. The van der Waals surface area contributed by atoms with Crippen LogP contribution in [0.25, 0.3) is 0 Å². The van der Waals surface area contributed by atoms with Gasteiger partial charge in [0.2, 0.25) is 5.91 Å². The Hall–Kier alpha value is -1.79. The van der Waals surface area contributed by atoms with Crippen LogP contribution >= 0.6 is 0 Å². The van der Waals surface area contributed by atoms with E-state index in [1.807, 2.05) is 0 Å². The molecule has 1 aliphatic carbocycles. The molecule has 0 aliphatic heterocycles. The second-order valence-corrected chi connectivity index (χ2v) is 5.24. The lowest BCUT2D eigenvalue weighted by Crippen LogP contribution is -2.52. The van der Waals surface area contributed by atoms with E-state index in [-0.39, 0.29) is 6.04 Å². The summed E-state index contributed by atoms with van der Waals surface area (Å²) < 4.78 is 0. The Bertz CT molecular complexity index is 373. The largest absolute Gasteiger partial charge is 0.480 e. The van der Waals surface area contributed by atoms with Crippen molar-refractivity contribution in [1.29, 1.82) is 0 Å². The molecule has 0 heterocycles. The highest BCUT2D eigenvalue weighted by Crippen LogP contribution is 2.26. The fourth-order valence-electron chi connectivity index (χ4n) is 2.66. The number of nitrogens with two attached hydrogens (primary N) is 1. The van der Waals surface area contributed by atoms with E-state index in [9.17, 15) is 14.4 Å². The minimum Gasteiger partial charge on any atom is -0.480 e. The lowest BCUT2D eigenvalue weighted by molar-refractivity contribution is -0.140. The molecule has 1 rings (SSSR count). The summed E-state index contributed by atoms with van der Waals surface area (Å²) in [6.45, 7) is 2.08. The van der Waals surface area contributed by atoms with Gasteiger partial charge in [-0.25, -0.2) is 9.59 Å². The smallest absolute Gasteiger partial charge is 0.326 e. The van der Waals surface area contributed by atoms with E-state index >= 15 is 0 Å². The Morgan fingerprint density at radius 3 is 2.50 bits per heavy atom. The zero-order chi connectivity index (χ0) is 15.1. The highest BCUT2D eigenvalue weighted by atomic mass is 16.4. The summed E-state index contributed by atoms with van der Waals surface area (Å²) in [5, 5.41) is 14.0. The number of hydrogen-bond donors (Lipinski definition) is 4. The first kappa shape index (κ1) is 16.3. The van der Waals surface area contributed by atoms with Gasteiger partial charge in [-0.1, -0.05) is 26.2 Å². The SMILES string of the molecule is CCC1CCCCC1NC(=O)NC(CC(N)=O)C(=O)O. The zero-order valence-corrected chi connectivity index (χ0v) is 11.7. The second-order valence-electron chi connectivity index (χ2n) is 5.24. The van der Waals surface area contributed by atoms with E-state index < -0.39 is 30.4 Å². The Balaban J connectivity index is 2.51. The number of carbonyl (C=O) groups is 3. The molecule has 0 aromatic carbocycles. The number of hydrogen-bond acceptors (Lipinski definition) is 3. The molecule has 0 aromatic heterocycles. The molecule has 0 spiro atoms. The fraction of sp³-hybridized carbons (Fsp3) is 0.769. The number of nitrogens with one attached hydrogen (secondary N) is 2. The average molecular weight is 285 g/mol. The Labute approximate surface area is 118 Å². The summed E-state index contributed by atoms with van der Waals surface area (Å²) in [6.07, 6.45) is 4.77. The number of aliphatic carboxylic acids is 1. The van der Waals surface area contributed by atoms with Crippen LogP contribution in [-0.4, -0.2) is 35.1 Å². The second kappa shape index (κ2) is 7.72. The van der Waals surface area contributed by atoms with Gasteiger partial charge < -0.3 is 21.5 Å². The van der Waals surface area contributed by atoms with Crippen LogP contribution in [0.3, 0.4) is 0 Å². The number of carboxylic acid groups (broad SMARTS) is 1. The quantitative estimate of drug-likeness (QED) is 0.570. The molecule has 0 radical (unpaired) electrons. The number of amides is 3. The molecule has 114 valence electrons. The van der Waals surface area contributed by atoms with Crippen molar-refractivity contribution < 1.29 is 19.5 Å². The van der Waals surface area contributed by atoms with Crippen molar-refractivity contribution in [2.45, 2.75) is 57.5 Å². The van der Waals surface area contributed by atoms with Gasteiger partial charge in [0, 0.05) is 6.04 Å². The molecule has 20 heavy (non-hydrogen) atoms. The zero-order valence-electron chi connectivity index (χ0n) is 11.7. The summed E-state index contributed by atoms with van der Waals surface area (Å²) in [5.41, 5.74) is 4.96. The highest BCUT2D eigenvalue weighted by Gasteiger charge is 2.27. The molecule has 0 bridgehead atoms. The molecular formula is C13H23N3O4. The molecular weight excluding hydrogens is 262 g/mol. The van der Waals surface area contributed by atoms with E-state index in [2.05, 4.69) is 17.6 Å². The van der Waals surface area contributed by atoms with Gasteiger partial charge in [0.25, 0.3) is 0 Å². The average Bonchev–Trinajstić information content (AvgIpc) is 2.37. The van der Waals surface area contributed by atoms with Crippen LogP contribution in [0.5, 0.6) is 0 Å². The third-order valence-electron chi connectivity index (χ3n) is 3.76. The Morgan fingerprint density at radius 1 is 1.30 bits per heavy atom. The van der Waals surface area contributed by atoms with Gasteiger partial charge in [-0.3, -0.25) is 4.79 Å². The maximum absolute atomic E-state index is 11.8. The predicted octanol–water partition coefficient (Wildman–Crippen LogP) is 0.583. The maximum Gasteiger partial charge on any atom is 0.326 e. The summed E-state index contributed by atoms with van der Waals surface area (Å²) in [4.78, 5) is 33.5. The van der Waals surface area contributed by atoms with E-state index in [0.29, 0.717) is 5.92 Å². The van der Waals surface area contributed by atoms with E-state index in [1.54, 1.807) is 0 Å². The standard InChI is InChI=1S/C13H23N3O4/c1-2-8-5-3-4-6-9(8)15-13(20)16-10(12(18)19)7-11(14)17/h8-10H,2-7H2,1H3,(H2,14,17)(H,18,19)(H2,15,16,20). The summed E-state index contributed by atoms with van der Waals surface area (Å²) in [5.74, 6) is -1.61. The molecule has 7 heteroatoms. The molecule has 1 saturated carbocycles. The molecule has 0 aromatic rings. The third-order valence-corrected chi connectivity index (χ3v) is 3.76. The van der Waals surface area contributed by atoms with E-state index in [1.165, 1.54) is 0 Å². The molecule has 7 nitrogen and oxygen atoms in total. The monoisotopic (exact) mass is 285 g/mol. The maximum atomic E-state index is 11.8. The predicted molar refractivity (Wildman–Crippen MR) is 72.9 cm³/mol. The van der Waals surface area contributed by atoms with Crippen molar-refractivity contribution >= 4 is 17.9 Å². The first-order valence-corrected chi connectivity index (χ1v) is 7.02. The van der Waals surface area contributed by atoms with Crippen molar-refractivity contribution in [3.8, 4) is 0 Å². The van der Waals surface area contributed by atoms with E-state index in [0.717, 1.165) is 32.1 Å². The number of carbonyl (C=O) groups excluding carboxylic acids is 2. The van der Waals surface area contributed by atoms with Crippen molar-refractivity contribution in [2.24, 2.45) is 11.7 Å². The summed E-state index contributed by atoms with van der Waals surface area (Å²) in [7, 11) is 0. The van der Waals surface area contributed by atoms with Gasteiger partial charge in [-0.05, 0) is 18.8 Å². The fourth-order valence-corrected chi connectivity index (χ4v) is 2.66.